The third-order valence-electron chi connectivity index (χ3n) is 3.48. The van der Waals surface area contributed by atoms with E-state index in [9.17, 15) is 4.79 Å². The van der Waals surface area contributed by atoms with E-state index in [-0.39, 0.29) is 25.3 Å². The molecule has 0 aliphatic heterocycles. The number of urea groups is 1. The van der Waals surface area contributed by atoms with Crippen LogP contribution in [0.3, 0.4) is 0 Å². The number of para-hydroxylation sites is 1. The van der Waals surface area contributed by atoms with Crippen molar-refractivity contribution in [1.29, 1.82) is 0 Å². The van der Waals surface area contributed by atoms with E-state index in [1.165, 1.54) is 0 Å². The molecule has 2 amide bonds. The highest BCUT2D eigenvalue weighted by Gasteiger charge is 2.10. The lowest BCUT2D eigenvalue weighted by atomic mass is 10.1. The van der Waals surface area contributed by atoms with E-state index >= 15 is 0 Å². The number of nitrogens with one attached hydrogen (secondary N) is 2. The Balaban J connectivity index is 1.88. The summed E-state index contributed by atoms with van der Waals surface area (Å²) in [5.41, 5.74) is 1.82. The van der Waals surface area contributed by atoms with E-state index in [4.69, 9.17) is 21.4 Å². The van der Waals surface area contributed by atoms with Gasteiger partial charge in [0.25, 0.3) is 0 Å². The molecule has 0 aliphatic carbocycles. The molecule has 0 saturated heterocycles. The Kier molecular flexibility index (Phi) is 6.90. The molecule has 2 rings (SSSR count). The number of hydrogen-bond donors (Lipinski definition) is 3. The summed E-state index contributed by atoms with van der Waals surface area (Å²) >= 11 is 5.86. The van der Waals surface area contributed by atoms with Crippen molar-refractivity contribution < 1.29 is 14.6 Å². The normalized spacial score (nSPS) is 11.6. The van der Waals surface area contributed by atoms with Crippen molar-refractivity contribution in [2.45, 2.75) is 19.5 Å². The first kappa shape index (κ1) is 18.1. The van der Waals surface area contributed by atoms with Crippen molar-refractivity contribution in [3.05, 3.63) is 64.7 Å². The van der Waals surface area contributed by atoms with E-state index in [0.717, 1.165) is 11.1 Å². The molecule has 24 heavy (non-hydrogen) atoms. The zero-order chi connectivity index (χ0) is 17.4. The first-order valence-electron chi connectivity index (χ1n) is 7.71. The summed E-state index contributed by atoms with van der Waals surface area (Å²) in [6, 6.07) is 14.3. The maximum Gasteiger partial charge on any atom is 0.315 e. The summed E-state index contributed by atoms with van der Waals surface area (Å²) in [6.07, 6.45) is 0. The molecule has 0 saturated carbocycles. The number of carbonyl (C=O) groups is 1. The van der Waals surface area contributed by atoms with Crippen LogP contribution in [0.4, 0.5) is 4.79 Å². The smallest absolute Gasteiger partial charge is 0.315 e. The number of amides is 2. The van der Waals surface area contributed by atoms with Gasteiger partial charge in [-0.05, 0) is 30.7 Å². The summed E-state index contributed by atoms with van der Waals surface area (Å²) in [5, 5.41) is 15.2. The highest BCUT2D eigenvalue weighted by atomic mass is 35.5. The molecule has 0 aliphatic rings. The molecule has 2 aromatic carbocycles. The minimum absolute atomic E-state index is 0.0547. The van der Waals surface area contributed by atoms with Gasteiger partial charge in [-0.1, -0.05) is 41.9 Å². The second-order valence-corrected chi connectivity index (χ2v) is 5.72. The van der Waals surface area contributed by atoms with Gasteiger partial charge in [-0.2, -0.15) is 0 Å². The van der Waals surface area contributed by atoms with Crippen LogP contribution in [-0.2, 0) is 6.54 Å². The molecule has 2 aromatic rings. The lowest BCUT2D eigenvalue weighted by Crippen LogP contribution is -2.36. The SMILES string of the molecule is C[C@@H](NC(=O)NCc1ccccc1OCCO)c1ccc(Cl)cc1. The first-order valence-corrected chi connectivity index (χ1v) is 8.09. The van der Waals surface area contributed by atoms with Gasteiger partial charge in [-0.15, -0.1) is 0 Å². The van der Waals surface area contributed by atoms with E-state index in [2.05, 4.69) is 10.6 Å². The molecular weight excluding hydrogens is 328 g/mol. The standard InChI is InChI=1S/C18H21ClN2O3/c1-13(14-6-8-16(19)9-7-14)21-18(23)20-12-15-4-2-3-5-17(15)24-11-10-22/h2-9,13,22H,10-12H2,1H3,(H2,20,21,23)/t13-/m1/s1. The average Bonchev–Trinajstić information content (AvgIpc) is 2.59. The average molecular weight is 349 g/mol. The van der Waals surface area contributed by atoms with Crippen molar-refractivity contribution in [3.63, 3.8) is 0 Å². The molecule has 0 heterocycles. The van der Waals surface area contributed by atoms with Crippen molar-refractivity contribution in [2.75, 3.05) is 13.2 Å². The van der Waals surface area contributed by atoms with Gasteiger partial charge in [0.1, 0.15) is 12.4 Å². The van der Waals surface area contributed by atoms with Gasteiger partial charge in [0.15, 0.2) is 0 Å². The number of carbonyl (C=O) groups excluding carboxylic acids is 1. The van der Waals surface area contributed by atoms with Crippen LogP contribution in [0.5, 0.6) is 5.75 Å². The van der Waals surface area contributed by atoms with E-state index in [1.54, 1.807) is 18.2 Å². The highest BCUT2D eigenvalue weighted by Crippen LogP contribution is 2.18. The molecule has 0 radical (unpaired) electrons. The third-order valence-corrected chi connectivity index (χ3v) is 3.73. The molecule has 0 aromatic heterocycles. The van der Waals surface area contributed by atoms with Crippen LogP contribution >= 0.6 is 11.6 Å². The van der Waals surface area contributed by atoms with Crippen LogP contribution < -0.4 is 15.4 Å². The second-order valence-electron chi connectivity index (χ2n) is 5.28. The van der Waals surface area contributed by atoms with Gasteiger partial charge in [0, 0.05) is 17.1 Å². The molecule has 1 atom stereocenters. The van der Waals surface area contributed by atoms with E-state index in [0.29, 0.717) is 17.3 Å². The van der Waals surface area contributed by atoms with Gasteiger partial charge in [0.05, 0.1) is 12.6 Å². The van der Waals surface area contributed by atoms with E-state index in [1.807, 2.05) is 37.3 Å². The van der Waals surface area contributed by atoms with Crippen molar-refractivity contribution in [1.82, 2.24) is 10.6 Å². The molecule has 0 unspecified atom stereocenters. The fourth-order valence-corrected chi connectivity index (χ4v) is 2.33. The summed E-state index contributed by atoms with van der Waals surface area (Å²) in [6.45, 7) is 2.40. The maximum atomic E-state index is 12.1. The largest absolute Gasteiger partial charge is 0.491 e. The fourth-order valence-electron chi connectivity index (χ4n) is 2.20. The van der Waals surface area contributed by atoms with Crippen LogP contribution in [0.15, 0.2) is 48.5 Å². The summed E-state index contributed by atoms with van der Waals surface area (Å²) in [7, 11) is 0. The number of halogens is 1. The zero-order valence-electron chi connectivity index (χ0n) is 13.5. The predicted molar refractivity (Wildman–Crippen MR) is 94.3 cm³/mol. The monoisotopic (exact) mass is 348 g/mol. The summed E-state index contributed by atoms with van der Waals surface area (Å²) in [5.74, 6) is 0.651. The van der Waals surface area contributed by atoms with Crippen molar-refractivity contribution >= 4 is 17.6 Å². The number of hydrogen-bond acceptors (Lipinski definition) is 3. The maximum absolute atomic E-state index is 12.1. The Morgan fingerprint density at radius 2 is 1.92 bits per heavy atom. The minimum atomic E-state index is -0.269. The van der Waals surface area contributed by atoms with Gasteiger partial charge in [-0.25, -0.2) is 4.79 Å². The molecule has 0 fully saturated rings. The Morgan fingerprint density at radius 3 is 2.62 bits per heavy atom. The Morgan fingerprint density at radius 1 is 1.21 bits per heavy atom. The third kappa shape index (κ3) is 5.44. The second kappa shape index (κ2) is 9.15. The van der Waals surface area contributed by atoms with Gasteiger partial charge >= 0.3 is 6.03 Å². The summed E-state index contributed by atoms with van der Waals surface area (Å²) in [4.78, 5) is 12.1. The van der Waals surface area contributed by atoms with Crippen LogP contribution in [0.1, 0.15) is 24.1 Å². The number of rotatable bonds is 7. The molecular formula is C18H21ClN2O3. The van der Waals surface area contributed by atoms with Crippen LogP contribution in [-0.4, -0.2) is 24.4 Å². The van der Waals surface area contributed by atoms with Crippen molar-refractivity contribution in [2.24, 2.45) is 0 Å². The Bertz CT molecular complexity index is 662. The van der Waals surface area contributed by atoms with E-state index < -0.39 is 0 Å². The van der Waals surface area contributed by atoms with Crippen molar-refractivity contribution in [3.8, 4) is 5.75 Å². The lowest BCUT2D eigenvalue weighted by Gasteiger charge is -2.16. The Labute approximate surface area is 146 Å². The molecule has 3 N–H and O–H groups in total. The fraction of sp³-hybridized carbons (Fsp3) is 0.278. The number of aliphatic hydroxyl groups is 1. The van der Waals surface area contributed by atoms with Crippen LogP contribution in [0, 0.1) is 0 Å². The van der Waals surface area contributed by atoms with Gasteiger partial charge in [-0.3, -0.25) is 0 Å². The summed E-state index contributed by atoms with van der Waals surface area (Å²) < 4.78 is 5.45. The number of aliphatic hydroxyl groups excluding tert-OH is 1. The zero-order valence-corrected chi connectivity index (χ0v) is 14.2. The van der Waals surface area contributed by atoms with Crippen LogP contribution in [0.25, 0.3) is 0 Å². The topological polar surface area (TPSA) is 70.6 Å². The lowest BCUT2D eigenvalue weighted by molar-refractivity contribution is 0.200. The molecule has 0 spiro atoms. The predicted octanol–water partition coefficient (Wildman–Crippen LogP) is 3.27. The number of ether oxygens (including phenoxy) is 1. The molecule has 128 valence electrons. The van der Waals surface area contributed by atoms with Gasteiger partial charge in [0.2, 0.25) is 0 Å². The Hall–Kier alpha value is -2.24. The molecule has 0 bridgehead atoms. The van der Waals surface area contributed by atoms with Gasteiger partial charge < -0.3 is 20.5 Å². The highest BCUT2D eigenvalue weighted by molar-refractivity contribution is 6.30. The molecule has 5 nitrogen and oxygen atoms in total. The quantitative estimate of drug-likeness (QED) is 0.719. The molecule has 6 heteroatoms. The van der Waals surface area contributed by atoms with Crippen LogP contribution in [0.2, 0.25) is 5.02 Å². The number of benzene rings is 2. The first-order chi connectivity index (χ1) is 11.6. The minimum Gasteiger partial charge on any atom is -0.491 e.